The number of nitrogens with one attached hydrogen (secondary N) is 2. The Balaban J connectivity index is 0.000000134. The van der Waals surface area contributed by atoms with Crippen LogP contribution in [0.15, 0.2) is 109 Å². The smallest absolute Gasteiger partial charge is 0.415 e. The summed E-state index contributed by atoms with van der Waals surface area (Å²) in [5, 5.41) is 37.8. The third-order valence-corrected chi connectivity index (χ3v) is 15.9. The average Bonchev–Trinajstić information content (AvgIpc) is 3.88. The first kappa shape index (κ1) is 60.4. The van der Waals surface area contributed by atoms with Gasteiger partial charge < -0.3 is 43.9 Å². The summed E-state index contributed by atoms with van der Waals surface area (Å²) in [4.78, 5) is 36.1. The molecule has 2 aliphatic heterocycles. The van der Waals surface area contributed by atoms with Crippen molar-refractivity contribution in [1.82, 2.24) is 53.6 Å². The first-order chi connectivity index (χ1) is 40.5. The number of hydrogen-bond donors (Lipinski definition) is 5. The maximum Gasteiger partial charge on any atom is 0.415 e. The van der Waals surface area contributed by atoms with E-state index in [1.165, 1.54) is 38.5 Å². The number of morpholine rings is 2. The second-order valence-corrected chi connectivity index (χ2v) is 22.9. The Hall–Kier alpha value is -5.77. The highest BCUT2D eigenvalue weighted by molar-refractivity contribution is 9.08. The van der Waals surface area contributed by atoms with Crippen LogP contribution in [0.2, 0.25) is 24.0 Å². The third kappa shape index (κ3) is 16.4. The standard InChI is InChI=1S/C23H29N5O2.C18H20BClN4O2.C14H12BBrClN3O.2C3H6/c29-19-8-6-17(7-9-19)24-22-20-14-18(15-28-10-12-30-13-11-28)25-23(20)27-21(26-22)16-4-2-1-3-5-16;1-19(25)24-14(12-23-7-9-26-10-8-23)11-15-16(20)21-17(22-18(15)24)13-5-3-2-4-6-13;1-15(21)20-10(8-16)7-11-12(17)18-13(19-14(11)20)9-5-3-2-4-6-9;2*1-2-3-1/h1-5,14,17,19,29H,6-13,15H2,(H2,24,25,26,27);2-6,11,25H,7-10,12H2,1H3;2-7,21H,8H2,1H3;2*1-3H2. The fourth-order valence-corrected chi connectivity index (χ4v) is 11.0. The number of ether oxygens (including phenoxy) is 2. The molecule has 14 rings (SSSR count). The molecule has 83 heavy (non-hydrogen) atoms. The number of benzene rings is 3. The van der Waals surface area contributed by atoms with Crippen LogP contribution in [-0.4, -0.2) is 148 Å². The van der Waals surface area contributed by atoms with Gasteiger partial charge in [-0.1, -0.05) is 169 Å². The zero-order valence-corrected chi connectivity index (χ0v) is 50.4. The van der Waals surface area contributed by atoms with E-state index in [1.54, 1.807) is 18.1 Å². The lowest BCUT2D eigenvalue weighted by Gasteiger charge is -2.27. The van der Waals surface area contributed by atoms with Crippen molar-refractivity contribution in [2.75, 3.05) is 57.9 Å². The number of aliphatic hydroxyl groups is 1. The number of aromatic amines is 1. The minimum atomic E-state index is -0.710. The normalized spacial score (nSPS) is 17.7. The second-order valence-electron chi connectivity index (χ2n) is 21.7. The Kier molecular flexibility index (Phi) is 21.3. The third-order valence-electron chi connectivity index (χ3n) is 14.7. The van der Waals surface area contributed by atoms with E-state index in [1.807, 2.05) is 108 Å². The van der Waals surface area contributed by atoms with E-state index < -0.39 is 14.1 Å². The first-order valence-electron chi connectivity index (χ1n) is 29.2. The molecule has 6 aromatic heterocycles. The monoisotopic (exact) mass is 1220 g/mol. The van der Waals surface area contributed by atoms with Gasteiger partial charge in [-0.3, -0.25) is 9.80 Å². The fraction of sp³-hybridized carbons (Fsp3) is 0.410. The van der Waals surface area contributed by atoms with Gasteiger partial charge in [0.25, 0.3) is 0 Å². The molecule has 22 heteroatoms. The number of hydrogen-bond acceptors (Lipinski definition) is 14. The summed E-state index contributed by atoms with van der Waals surface area (Å²) in [7, 11) is -1.40. The van der Waals surface area contributed by atoms with Crippen molar-refractivity contribution >= 4 is 92.2 Å². The number of nitrogens with zero attached hydrogens (tertiary/aromatic N) is 10. The molecule has 5 aliphatic rings. The van der Waals surface area contributed by atoms with Crippen LogP contribution in [0.4, 0.5) is 5.82 Å². The van der Waals surface area contributed by atoms with Crippen LogP contribution < -0.4 is 5.32 Å². The van der Waals surface area contributed by atoms with E-state index in [2.05, 4.69) is 57.0 Å². The van der Waals surface area contributed by atoms with Gasteiger partial charge in [0, 0.05) is 84.4 Å². The molecule has 9 aromatic rings. The van der Waals surface area contributed by atoms with E-state index in [-0.39, 0.29) is 6.10 Å². The molecule has 0 radical (unpaired) electrons. The van der Waals surface area contributed by atoms with Gasteiger partial charge in [-0.2, -0.15) is 0 Å². The molecule has 17 nitrogen and oxygen atoms in total. The van der Waals surface area contributed by atoms with Crippen LogP contribution in [-0.2, 0) is 27.9 Å². The molecule has 0 spiro atoms. The summed E-state index contributed by atoms with van der Waals surface area (Å²) in [5.41, 5.74) is 7.97. The molecule has 3 saturated carbocycles. The SMILES string of the molecule is C1CC1.C1CC1.CB(O)n1c(CBr)cc2c(Cl)nc(-c3ccccc3)nc21.CB(O)n1c(CN2CCOCC2)cc2c(Cl)nc(-c3ccccc3)nc21.OC1CCC(Nc2nc(-c3ccccc3)nc3[nH]c(CN4CCOCC4)cc23)CC1. The number of H-pyrrole nitrogens is 1. The molecule has 5 fully saturated rings. The minimum absolute atomic E-state index is 0.166. The molecule has 2 saturated heterocycles. The number of aliphatic hydroxyl groups excluding tert-OH is 1. The zero-order chi connectivity index (χ0) is 57.7. The van der Waals surface area contributed by atoms with Crippen molar-refractivity contribution in [1.29, 1.82) is 0 Å². The van der Waals surface area contributed by atoms with Crippen molar-refractivity contribution in [3.05, 3.63) is 137 Å². The van der Waals surface area contributed by atoms with Crippen LogP contribution >= 0.6 is 39.1 Å². The maximum absolute atomic E-state index is 10.4. The highest BCUT2D eigenvalue weighted by Crippen LogP contribution is 2.33. The molecule has 8 heterocycles. The Morgan fingerprint density at radius 3 is 1.45 bits per heavy atom. The molecular formula is C61H73B2BrCl2N12O5. The zero-order valence-electron chi connectivity index (χ0n) is 47.3. The average molecular weight is 1230 g/mol. The van der Waals surface area contributed by atoms with Crippen molar-refractivity contribution in [3.8, 4) is 34.2 Å². The lowest BCUT2D eigenvalue weighted by atomic mass is 9.87. The number of fused-ring (bicyclic) bond motifs is 3. The molecule has 3 aromatic carbocycles. The van der Waals surface area contributed by atoms with E-state index >= 15 is 0 Å². The van der Waals surface area contributed by atoms with Crippen LogP contribution in [0.25, 0.3) is 67.3 Å². The second kappa shape index (κ2) is 29.4. The largest absolute Gasteiger partial charge is 0.432 e. The maximum atomic E-state index is 10.4. The fourth-order valence-electron chi connectivity index (χ4n) is 10.1. The van der Waals surface area contributed by atoms with Crippen molar-refractivity contribution < 1.29 is 24.6 Å². The predicted molar refractivity (Wildman–Crippen MR) is 338 cm³/mol. The number of anilines is 1. The van der Waals surface area contributed by atoms with Gasteiger partial charge in [-0.05, 0) is 57.5 Å². The van der Waals surface area contributed by atoms with Gasteiger partial charge in [0.2, 0.25) is 0 Å². The quantitative estimate of drug-likeness (QED) is 0.0439. The number of halogens is 3. The van der Waals surface area contributed by atoms with Gasteiger partial charge >= 0.3 is 14.1 Å². The summed E-state index contributed by atoms with van der Waals surface area (Å²) in [6.07, 6.45) is 12.4. The molecule has 0 bridgehead atoms. The molecule has 0 unspecified atom stereocenters. The Labute approximate surface area is 504 Å². The van der Waals surface area contributed by atoms with Gasteiger partial charge in [0.05, 0.1) is 48.7 Å². The molecular weight excluding hydrogens is 1150 g/mol. The first-order valence-corrected chi connectivity index (χ1v) is 31.0. The Bertz CT molecular complexity index is 3490. The molecule has 434 valence electrons. The molecule has 3 aliphatic carbocycles. The van der Waals surface area contributed by atoms with E-state index in [9.17, 15) is 15.2 Å². The van der Waals surface area contributed by atoms with Gasteiger partial charge in [0.15, 0.2) is 17.5 Å². The van der Waals surface area contributed by atoms with Crippen molar-refractivity contribution in [3.63, 3.8) is 0 Å². The van der Waals surface area contributed by atoms with E-state index in [0.29, 0.717) is 51.2 Å². The summed E-state index contributed by atoms with van der Waals surface area (Å²) in [5.74, 6) is 2.71. The van der Waals surface area contributed by atoms with Crippen LogP contribution in [0, 0.1) is 0 Å². The summed E-state index contributed by atoms with van der Waals surface area (Å²) < 4.78 is 14.5. The highest BCUT2D eigenvalue weighted by Gasteiger charge is 2.25. The van der Waals surface area contributed by atoms with Crippen LogP contribution in [0.5, 0.6) is 0 Å². The topological polar surface area (TPSA) is 201 Å². The number of alkyl halides is 1. The summed E-state index contributed by atoms with van der Waals surface area (Å²) >= 11 is 16.2. The summed E-state index contributed by atoms with van der Waals surface area (Å²) in [6.45, 7) is 11.7. The van der Waals surface area contributed by atoms with Crippen LogP contribution in [0.1, 0.15) is 81.3 Å². The van der Waals surface area contributed by atoms with Crippen molar-refractivity contribution in [2.24, 2.45) is 0 Å². The van der Waals surface area contributed by atoms with Gasteiger partial charge in [-0.15, -0.1) is 0 Å². The predicted octanol–water partition coefficient (Wildman–Crippen LogP) is 11.7. The van der Waals surface area contributed by atoms with Gasteiger partial charge in [-0.25, -0.2) is 29.9 Å². The van der Waals surface area contributed by atoms with Crippen LogP contribution in [0.3, 0.4) is 0 Å². The summed E-state index contributed by atoms with van der Waals surface area (Å²) in [6, 6.07) is 35.9. The number of rotatable bonds is 12. The minimum Gasteiger partial charge on any atom is -0.432 e. The Morgan fingerprint density at radius 2 is 1.00 bits per heavy atom. The number of aromatic nitrogens is 9. The molecule has 0 amide bonds. The lowest BCUT2D eigenvalue weighted by molar-refractivity contribution is 0.0335. The molecule has 5 N–H and O–H groups in total. The Morgan fingerprint density at radius 1 is 0.566 bits per heavy atom. The molecule has 0 atom stereocenters. The van der Waals surface area contributed by atoms with E-state index in [4.69, 9.17) is 47.6 Å². The van der Waals surface area contributed by atoms with Crippen molar-refractivity contribution in [2.45, 2.75) is 108 Å². The highest BCUT2D eigenvalue weighted by atomic mass is 79.9. The van der Waals surface area contributed by atoms with Gasteiger partial charge in [0.1, 0.15) is 33.1 Å². The lowest BCUT2D eigenvalue weighted by Crippen LogP contribution is -2.37. The van der Waals surface area contributed by atoms with E-state index in [0.717, 1.165) is 152 Å².